The maximum atomic E-state index is 13.1. The van der Waals surface area contributed by atoms with E-state index in [2.05, 4.69) is 11.9 Å². The molecule has 0 radical (unpaired) electrons. The van der Waals surface area contributed by atoms with E-state index in [0.717, 1.165) is 34.4 Å². The van der Waals surface area contributed by atoms with Gasteiger partial charge in [0.2, 0.25) is 0 Å². The van der Waals surface area contributed by atoms with Crippen molar-refractivity contribution in [2.75, 3.05) is 6.61 Å². The Balaban J connectivity index is 1.64. The van der Waals surface area contributed by atoms with Crippen LogP contribution in [0, 0.1) is 0 Å². The molecule has 1 N–H and O–H groups in total. The van der Waals surface area contributed by atoms with E-state index >= 15 is 0 Å². The number of ketones is 1. The Labute approximate surface area is 171 Å². The van der Waals surface area contributed by atoms with Gasteiger partial charge in [0.15, 0.2) is 5.78 Å². The first-order valence-corrected chi connectivity index (χ1v) is 10.1. The Hall–Kier alpha value is -2.98. The number of pyridine rings is 1. The molecule has 148 valence electrons. The number of ether oxygens (including phenoxy) is 1. The number of rotatable bonds is 7. The van der Waals surface area contributed by atoms with Crippen molar-refractivity contribution in [1.29, 1.82) is 0 Å². The van der Waals surface area contributed by atoms with Crippen molar-refractivity contribution in [3.63, 3.8) is 0 Å². The van der Waals surface area contributed by atoms with Gasteiger partial charge in [-0.1, -0.05) is 49.4 Å². The molecule has 0 aliphatic carbocycles. The second kappa shape index (κ2) is 8.58. The van der Waals surface area contributed by atoms with Crippen LogP contribution in [0.15, 0.2) is 67.0 Å². The standard InChI is InChI=1S/C25H25NO3/c1-2-24-22-14-19(8-9-20(22)21-10-12-26-16-25(21)29-24)23(28)15-18(11-13-27)17-6-4-3-5-7-17/h3-10,12,14,16,18,24,27H,2,11,13,15H2,1H3/t18-,24?/m1/s1. The van der Waals surface area contributed by atoms with Crippen molar-refractivity contribution in [3.8, 4) is 16.9 Å². The zero-order chi connectivity index (χ0) is 20.2. The van der Waals surface area contributed by atoms with Crippen molar-refractivity contribution < 1.29 is 14.6 Å². The molecule has 0 saturated heterocycles. The average molecular weight is 387 g/mol. The normalized spacial score (nSPS) is 15.7. The van der Waals surface area contributed by atoms with Crippen LogP contribution in [0.2, 0.25) is 0 Å². The Morgan fingerprint density at radius 2 is 1.97 bits per heavy atom. The molecule has 0 amide bonds. The molecule has 1 aliphatic rings. The molecule has 1 aromatic heterocycles. The third-order valence-electron chi connectivity index (χ3n) is 5.62. The highest BCUT2D eigenvalue weighted by atomic mass is 16.5. The number of hydrogen-bond acceptors (Lipinski definition) is 4. The lowest BCUT2D eigenvalue weighted by Crippen LogP contribution is -2.15. The molecule has 2 heterocycles. The number of carbonyl (C=O) groups is 1. The van der Waals surface area contributed by atoms with Gasteiger partial charge < -0.3 is 9.84 Å². The van der Waals surface area contributed by atoms with Gasteiger partial charge in [0.25, 0.3) is 0 Å². The fourth-order valence-electron chi connectivity index (χ4n) is 4.07. The minimum atomic E-state index is -0.0863. The molecule has 1 unspecified atom stereocenters. The van der Waals surface area contributed by atoms with Crippen molar-refractivity contribution in [2.24, 2.45) is 0 Å². The maximum Gasteiger partial charge on any atom is 0.163 e. The van der Waals surface area contributed by atoms with Crippen LogP contribution in [-0.2, 0) is 0 Å². The van der Waals surface area contributed by atoms with Gasteiger partial charge in [-0.2, -0.15) is 0 Å². The van der Waals surface area contributed by atoms with Crippen LogP contribution in [-0.4, -0.2) is 22.5 Å². The van der Waals surface area contributed by atoms with Crippen LogP contribution in [0.1, 0.15) is 59.7 Å². The van der Waals surface area contributed by atoms with E-state index < -0.39 is 0 Å². The summed E-state index contributed by atoms with van der Waals surface area (Å²) in [6, 6.07) is 17.8. The van der Waals surface area contributed by atoms with E-state index in [1.54, 1.807) is 12.4 Å². The number of fused-ring (bicyclic) bond motifs is 3. The first kappa shape index (κ1) is 19.3. The number of aliphatic hydroxyl groups is 1. The van der Waals surface area contributed by atoms with Gasteiger partial charge in [-0.05, 0) is 42.0 Å². The molecule has 4 heteroatoms. The van der Waals surface area contributed by atoms with Crippen LogP contribution < -0.4 is 4.74 Å². The predicted octanol–water partition coefficient (Wildman–Crippen LogP) is 5.33. The van der Waals surface area contributed by atoms with Gasteiger partial charge in [0.1, 0.15) is 11.9 Å². The van der Waals surface area contributed by atoms with Crippen LogP contribution in [0.25, 0.3) is 11.1 Å². The van der Waals surface area contributed by atoms with Gasteiger partial charge in [-0.15, -0.1) is 0 Å². The minimum Gasteiger partial charge on any atom is -0.483 e. The highest BCUT2D eigenvalue weighted by Gasteiger charge is 2.26. The molecule has 4 rings (SSSR count). The largest absolute Gasteiger partial charge is 0.483 e. The average Bonchev–Trinajstić information content (AvgIpc) is 2.78. The molecule has 1 aliphatic heterocycles. The number of nitrogens with zero attached hydrogens (tertiary/aromatic N) is 1. The Kier molecular flexibility index (Phi) is 5.72. The number of aromatic nitrogens is 1. The lowest BCUT2D eigenvalue weighted by molar-refractivity contribution is 0.0969. The van der Waals surface area contributed by atoms with E-state index in [4.69, 9.17) is 4.74 Å². The van der Waals surface area contributed by atoms with E-state index in [9.17, 15) is 9.90 Å². The zero-order valence-corrected chi connectivity index (χ0v) is 16.5. The van der Waals surface area contributed by atoms with Gasteiger partial charge in [0, 0.05) is 35.9 Å². The Bertz CT molecular complexity index is 1000. The second-order valence-electron chi connectivity index (χ2n) is 7.44. The number of carbonyl (C=O) groups excluding carboxylic acids is 1. The first-order valence-electron chi connectivity index (χ1n) is 10.1. The summed E-state index contributed by atoms with van der Waals surface area (Å²) in [7, 11) is 0. The van der Waals surface area contributed by atoms with E-state index in [-0.39, 0.29) is 24.4 Å². The Morgan fingerprint density at radius 1 is 1.14 bits per heavy atom. The fourth-order valence-corrected chi connectivity index (χ4v) is 4.07. The number of aliphatic hydroxyl groups excluding tert-OH is 1. The van der Waals surface area contributed by atoms with E-state index in [0.29, 0.717) is 18.4 Å². The molecule has 3 aromatic rings. The number of benzene rings is 2. The summed E-state index contributed by atoms with van der Waals surface area (Å²) in [4.78, 5) is 17.3. The number of Topliss-reactive ketones (excluding diaryl/α,β-unsaturated/α-hetero) is 1. The molecular weight excluding hydrogens is 362 g/mol. The molecule has 2 aromatic carbocycles. The van der Waals surface area contributed by atoms with E-state index in [1.807, 2.05) is 54.6 Å². The lowest BCUT2D eigenvalue weighted by atomic mass is 9.86. The summed E-state index contributed by atoms with van der Waals surface area (Å²) < 4.78 is 6.12. The smallest absolute Gasteiger partial charge is 0.163 e. The summed E-state index contributed by atoms with van der Waals surface area (Å²) in [6.07, 6.45) is 5.19. The van der Waals surface area contributed by atoms with Crippen molar-refractivity contribution in [2.45, 2.75) is 38.2 Å². The molecule has 2 atom stereocenters. The SMILES string of the molecule is CCC1Oc2cnccc2-c2ccc(C(=O)C[C@@H](CCO)c3ccccc3)cc21. The molecule has 0 saturated carbocycles. The van der Waals surface area contributed by atoms with Crippen LogP contribution in [0.4, 0.5) is 0 Å². The fraction of sp³-hybridized carbons (Fsp3) is 0.280. The van der Waals surface area contributed by atoms with Crippen LogP contribution in [0.3, 0.4) is 0 Å². The predicted molar refractivity (Wildman–Crippen MR) is 113 cm³/mol. The lowest BCUT2D eigenvalue weighted by Gasteiger charge is -2.28. The highest BCUT2D eigenvalue weighted by molar-refractivity contribution is 5.97. The summed E-state index contributed by atoms with van der Waals surface area (Å²) in [5.74, 6) is 0.887. The quantitative estimate of drug-likeness (QED) is 0.557. The van der Waals surface area contributed by atoms with Crippen LogP contribution in [0.5, 0.6) is 5.75 Å². The topological polar surface area (TPSA) is 59.4 Å². The van der Waals surface area contributed by atoms with E-state index in [1.165, 1.54) is 0 Å². The molecule has 4 nitrogen and oxygen atoms in total. The van der Waals surface area contributed by atoms with Gasteiger partial charge in [0.05, 0.1) is 6.20 Å². The highest BCUT2D eigenvalue weighted by Crippen LogP contribution is 2.43. The van der Waals surface area contributed by atoms with Gasteiger partial charge in [-0.3, -0.25) is 9.78 Å². The monoisotopic (exact) mass is 387 g/mol. The van der Waals surface area contributed by atoms with Crippen molar-refractivity contribution in [1.82, 2.24) is 4.98 Å². The molecule has 0 fully saturated rings. The third-order valence-corrected chi connectivity index (χ3v) is 5.62. The van der Waals surface area contributed by atoms with Crippen LogP contribution >= 0.6 is 0 Å². The van der Waals surface area contributed by atoms with Crippen molar-refractivity contribution in [3.05, 3.63) is 83.7 Å². The maximum absolute atomic E-state index is 13.1. The molecule has 29 heavy (non-hydrogen) atoms. The second-order valence-corrected chi connectivity index (χ2v) is 7.44. The van der Waals surface area contributed by atoms with Gasteiger partial charge in [-0.25, -0.2) is 0 Å². The summed E-state index contributed by atoms with van der Waals surface area (Å²) in [6.45, 7) is 2.14. The van der Waals surface area contributed by atoms with Crippen molar-refractivity contribution >= 4 is 5.78 Å². The minimum absolute atomic E-state index is 0.00903. The Morgan fingerprint density at radius 3 is 2.72 bits per heavy atom. The molecule has 0 bridgehead atoms. The molecule has 0 spiro atoms. The molecular formula is C25H25NO3. The zero-order valence-electron chi connectivity index (χ0n) is 16.5. The summed E-state index contributed by atoms with van der Waals surface area (Å²) in [5.41, 5.74) is 4.95. The number of hydrogen-bond donors (Lipinski definition) is 1. The third kappa shape index (κ3) is 3.94. The first-order chi connectivity index (χ1) is 14.2. The summed E-state index contributed by atoms with van der Waals surface area (Å²) in [5, 5.41) is 9.47. The summed E-state index contributed by atoms with van der Waals surface area (Å²) >= 11 is 0. The van der Waals surface area contributed by atoms with Gasteiger partial charge >= 0.3 is 0 Å².